The van der Waals surface area contributed by atoms with E-state index in [4.69, 9.17) is 4.74 Å². The summed E-state index contributed by atoms with van der Waals surface area (Å²) in [7, 11) is 0. The number of ether oxygens (including phenoxy) is 1. The number of allylic oxidation sites excluding steroid dienone is 1. The molecule has 3 fully saturated rings. The molecule has 1 aromatic rings. The molecule has 0 aliphatic carbocycles. The molecule has 2 amide bonds. The van der Waals surface area contributed by atoms with Gasteiger partial charge in [-0.05, 0) is 56.4 Å². The summed E-state index contributed by atoms with van der Waals surface area (Å²) in [6.07, 6.45) is 6.41. The predicted octanol–water partition coefficient (Wildman–Crippen LogP) is 5.80. The molecule has 7 atom stereocenters. The van der Waals surface area contributed by atoms with Gasteiger partial charge in [0.1, 0.15) is 6.04 Å². The molecule has 0 aromatic heterocycles. The zero-order valence-electron chi connectivity index (χ0n) is 26.8. The van der Waals surface area contributed by atoms with Gasteiger partial charge in [0.25, 0.3) is 0 Å². The molecule has 1 N–H and O–H groups in total. The van der Waals surface area contributed by atoms with Crippen molar-refractivity contribution in [2.75, 3.05) is 19.8 Å². The fourth-order valence-electron chi connectivity index (χ4n) is 8.17. The number of thioether (sulfide) groups is 1. The Labute approximate surface area is 262 Å². The van der Waals surface area contributed by atoms with E-state index in [9.17, 15) is 14.7 Å². The molecule has 3 unspecified atom stereocenters. The zero-order valence-corrected chi connectivity index (χ0v) is 27.6. The first-order chi connectivity index (χ1) is 20.2. The second kappa shape index (κ2) is 12.8. The molecule has 43 heavy (non-hydrogen) atoms. The lowest BCUT2D eigenvalue weighted by molar-refractivity contribution is -0.155. The van der Waals surface area contributed by atoms with Gasteiger partial charge in [-0.2, -0.15) is 0 Å². The summed E-state index contributed by atoms with van der Waals surface area (Å²) >= 11 is 1.63. The van der Waals surface area contributed by atoms with E-state index in [-0.39, 0.29) is 47.6 Å². The number of unbranched alkanes of at least 4 members (excludes halogenated alkanes) is 1. The van der Waals surface area contributed by atoms with E-state index in [0.29, 0.717) is 13.0 Å². The average Bonchev–Trinajstić information content (AvgIpc) is 3.53. The standard InChI is InChI=1S/C35H50N2O5S/c1-9-11-15-19-42-32(41)27-26-20-23(3)35(43-26)28(27)30(39)37(25(21-38)24-16-13-12-14-17-24)29(35)31(40)36(18-10-2)34(7,8)22-33(4,5)6/h9-10,12-14,16-17,23,25-29,38H,1-2,11,15,18-22H2,3-8H3/t23?,25-,26+,27-,28+,29?,35?/m1/s1. The van der Waals surface area contributed by atoms with Crippen LogP contribution in [0.3, 0.4) is 0 Å². The summed E-state index contributed by atoms with van der Waals surface area (Å²) in [5.41, 5.74) is 0.163. The van der Waals surface area contributed by atoms with Crippen molar-refractivity contribution >= 4 is 29.5 Å². The Hall–Kier alpha value is -2.58. The Morgan fingerprint density at radius 3 is 2.44 bits per heavy atom. The van der Waals surface area contributed by atoms with Gasteiger partial charge in [0.15, 0.2) is 0 Å². The number of fused-ring (bicyclic) bond motifs is 1. The minimum absolute atomic E-state index is 0.00615. The SMILES string of the molecule is C=CCCCOC(=O)[C@@H]1[C@@H]2CC(C)C3(S2)C(C(=O)N(CC=C)C(C)(C)CC(C)(C)C)N([C@H](CO)c2ccccc2)C(=O)[C@H]13. The third-order valence-electron chi connectivity index (χ3n) is 9.45. The molecular formula is C35H50N2O5S. The van der Waals surface area contributed by atoms with Crippen molar-refractivity contribution < 1.29 is 24.2 Å². The maximum atomic E-state index is 15.1. The highest BCUT2D eigenvalue weighted by atomic mass is 32.2. The van der Waals surface area contributed by atoms with E-state index in [2.05, 4.69) is 54.7 Å². The second-order valence-corrected chi connectivity index (χ2v) is 15.8. The number of esters is 1. The van der Waals surface area contributed by atoms with E-state index in [1.807, 2.05) is 35.2 Å². The quantitative estimate of drug-likeness (QED) is 0.173. The van der Waals surface area contributed by atoms with Gasteiger partial charge in [0.05, 0.1) is 35.8 Å². The van der Waals surface area contributed by atoms with Crippen LogP contribution in [-0.2, 0) is 19.1 Å². The highest BCUT2D eigenvalue weighted by molar-refractivity contribution is 8.02. The number of likely N-dealkylation sites (tertiary alicyclic amines) is 1. The summed E-state index contributed by atoms with van der Waals surface area (Å²) in [4.78, 5) is 47.0. The molecule has 0 saturated carbocycles. The van der Waals surface area contributed by atoms with Crippen LogP contribution in [0.25, 0.3) is 0 Å². The summed E-state index contributed by atoms with van der Waals surface area (Å²) in [6, 6.07) is 7.81. The molecule has 4 rings (SSSR count). The van der Waals surface area contributed by atoms with Gasteiger partial charge in [-0.15, -0.1) is 24.9 Å². The molecule has 3 aliphatic heterocycles. The number of aliphatic hydroxyl groups excluding tert-OH is 1. The van der Waals surface area contributed by atoms with Crippen LogP contribution in [0.2, 0.25) is 0 Å². The van der Waals surface area contributed by atoms with Gasteiger partial charge in [-0.25, -0.2) is 0 Å². The number of hydrogen-bond acceptors (Lipinski definition) is 6. The number of benzene rings is 1. The van der Waals surface area contributed by atoms with Gasteiger partial charge in [0.2, 0.25) is 11.8 Å². The van der Waals surface area contributed by atoms with Crippen LogP contribution in [0.15, 0.2) is 55.6 Å². The maximum absolute atomic E-state index is 15.1. The highest BCUT2D eigenvalue weighted by Gasteiger charge is 2.77. The number of amides is 2. The Morgan fingerprint density at radius 2 is 1.86 bits per heavy atom. The first kappa shape index (κ1) is 33.3. The molecule has 3 heterocycles. The van der Waals surface area contributed by atoms with E-state index in [1.54, 1.807) is 28.8 Å². The minimum atomic E-state index is -0.856. The van der Waals surface area contributed by atoms with Crippen LogP contribution in [-0.4, -0.2) is 74.0 Å². The van der Waals surface area contributed by atoms with E-state index in [0.717, 1.165) is 24.8 Å². The van der Waals surface area contributed by atoms with Crippen LogP contribution in [0.1, 0.15) is 78.8 Å². The van der Waals surface area contributed by atoms with Crippen molar-refractivity contribution in [2.45, 2.75) is 94.8 Å². The van der Waals surface area contributed by atoms with Crippen LogP contribution in [0.5, 0.6) is 0 Å². The summed E-state index contributed by atoms with van der Waals surface area (Å²) in [5, 5.41) is 10.7. The average molecular weight is 611 g/mol. The summed E-state index contributed by atoms with van der Waals surface area (Å²) in [5.74, 6) is -2.10. The predicted molar refractivity (Wildman–Crippen MR) is 172 cm³/mol. The van der Waals surface area contributed by atoms with Gasteiger partial charge in [-0.3, -0.25) is 14.4 Å². The van der Waals surface area contributed by atoms with Crippen molar-refractivity contribution in [3.63, 3.8) is 0 Å². The highest BCUT2D eigenvalue weighted by Crippen LogP contribution is 2.69. The van der Waals surface area contributed by atoms with Crippen molar-refractivity contribution in [1.29, 1.82) is 0 Å². The Balaban J connectivity index is 1.84. The minimum Gasteiger partial charge on any atom is -0.465 e. The van der Waals surface area contributed by atoms with Crippen LogP contribution < -0.4 is 0 Å². The summed E-state index contributed by atoms with van der Waals surface area (Å²) in [6.45, 7) is 20.7. The molecule has 2 bridgehead atoms. The van der Waals surface area contributed by atoms with Crippen molar-refractivity contribution in [3.05, 3.63) is 61.2 Å². The molecular weight excluding hydrogens is 560 g/mol. The van der Waals surface area contributed by atoms with Crippen LogP contribution in [0.4, 0.5) is 0 Å². The van der Waals surface area contributed by atoms with E-state index < -0.39 is 34.2 Å². The molecule has 0 radical (unpaired) electrons. The molecule has 8 heteroatoms. The number of carbonyl (C=O) groups excluding carboxylic acids is 3. The summed E-state index contributed by atoms with van der Waals surface area (Å²) < 4.78 is 4.92. The monoisotopic (exact) mass is 610 g/mol. The maximum Gasteiger partial charge on any atom is 0.310 e. The molecule has 1 aromatic carbocycles. The second-order valence-electron chi connectivity index (χ2n) is 14.3. The van der Waals surface area contributed by atoms with Gasteiger partial charge < -0.3 is 19.6 Å². The molecule has 236 valence electrons. The van der Waals surface area contributed by atoms with Crippen LogP contribution in [0, 0.1) is 23.2 Å². The molecule has 1 spiro atoms. The zero-order chi connectivity index (χ0) is 31.7. The normalized spacial score (nSPS) is 28.9. The smallest absolute Gasteiger partial charge is 0.310 e. The topological polar surface area (TPSA) is 87.2 Å². The molecule has 7 nitrogen and oxygen atoms in total. The van der Waals surface area contributed by atoms with Crippen molar-refractivity contribution in [1.82, 2.24) is 9.80 Å². The van der Waals surface area contributed by atoms with E-state index >= 15 is 4.79 Å². The lowest BCUT2D eigenvalue weighted by Crippen LogP contribution is -2.61. The number of hydrogen-bond donors (Lipinski definition) is 1. The largest absolute Gasteiger partial charge is 0.465 e. The first-order valence-corrected chi connectivity index (χ1v) is 16.5. The molecule has 3 saturated heterocycles. The third-order valence-corrected chi connectivity index (χ3v) is 11.5. The lowest BCUT2D eigenvalue weighted by Gasteiger charge is -2.47. The Bertz CT molecular complexity index is 1210. The van der Waals surface area contributed by atoms with Gasteiger partial charge >= 0.3 is 5.97 Å². The first-order valence-electron chi connectivity index (χ1n) is 15.6. The van der Waals surface area contributed by atoms with Gasteiger partial charge in [0, 0.05) is 17.3 Å². The number of carbonyl (C=O) groups is 3. The fraction of sp³-hybridized carbons (Fsp3) is 0.629. The Kier molecular flexibility index (Phi) is 9.92. The number of rotatable bonds is 13. The van der Waals surface area contributed by atoms with Crippen molar-refractivity contribution in [2.24, 2.45) is 23.2 Å². The molecule has 3 aliphatic rings. The number of aliphatic hydroxyl groups is 1. The Morgan fingerprint density at radius 1 is 1.19 bits per heavy atom. The third kappa shape index (κ3) is 6.06. The fourth-order valence-corrected chi connectivity index (χ4v) is 10.6. The number of nitrogens with zero attached hydrogens (tertiary/aromatic N) is 2. The van der Waals surface area contributed by atoms with E-state index in [1.165, 1.54) is 0 Å². The lowest BCUT2D eigenvalue weighted by atomic mass is 9.66. The van der Waals surface area contributed by atoms with Crippen molar-refractivity contribution in [3.8, 4) is 0 Å². The van der Waals surface area contributed by atoms with Gasteiger partial charge in [-0.1, -0.05) is 70.2 Å². The van der Waals surface area contributed by atoms with Crippen LogP contribution >= 0.6 is 11.8 Å².